The van der Waals surface area contributed by atoms with E-state index in [2.05, 4.69) is 15.6 Å². The van der Waals surface area contributed by atoms with Crippen LogP contribution in [0.5, 0.6) is 0 Å². The number of carboxylic acid groups (broad SMARTS) is 2. The van der Waals surface area contributed by atoms with Crippen LogP contribution in [0.1, 0.15) is 12.0 Å². The van der Waals surface area contributed by atoms with Gasteiger partial charge in [-0.1, -0.05) is 18.2 Å². The zero-order valence-corrected chi connectivity index (χ0v) is 17.4. The zero-order chi connectivity index (χ0) is 24.5. The first-order chi connectivity index (χ1) is 15.7. The third-order valence-electron chi connectivity index (χ3n) is 4.74. The van der Waals surface area contributed by atoms with Gasteiger partial charge in [0, 0.05) is 23.5 Å². The molecular formula is C20H25N5O8. The summed E-state index contributed by atoms with van der Waals surface area (Å²) >= 11 is 0. The number of nitrogens with two attached hydrogens (primary N) is 1. The number of H-pyrrole nitrogens is 1. The molecule has 0 saturated carbocycles. The monoisotopic (exact) mass is 463 g/mol. The van der Waals surface area contributed by atoms with Gasteiger partial charge in [0.05, 0.1) is 19.6 Å². The number of aliphatic carboxylic acids is 2. The molecular weight excluding hydrogens is 438 g/mol. The Morgan fingerprint density at radius 3 is 2.18 bits per heavy atom. The summed E-state index contributed by atoms with van der Waals surface area (Å²) in [4.78, 5) is 62.0. The van der Waals surface area contributed by atoms with E-state index in [0.717, 1.165) is 10.9 Å². The lowest BCUT2D eigenvalue weighted by atomic mass is 10.0. The number of amides is 3. The molecule has 0 aliphatic heterocycles. The topological polar surface area (TPSA) is 224 Å². The molecule has 2 aromatic rings. The highest BCUT2D eigenvalue weighted by Crippen LogP contribution is 2.19. The summed E-state index contributed by atoms with van der Waals surface area (Å²) in [6, 6.07) is 2.75. The Hall–Kier alpha value is -3.97. The highest BCUT2D eigenvalue weighted by atomic mass is 16.4. The predicted octanol–water partition coefficient (Wildman–Crippen LogP) is -2.32. The number of aromatic nitrogens is 1. The number of carbonyl (C=O) groups excluding carboxylic acids is 3. The number of aliphatic hydroxyl groups is 1. The molecule has 0 aliphatic rings. The van der Waals surface area contributed by atoms with Gasteiger partial charge in [-0.2, -0.15) is 0 Å². The molecule has 13 heteroatoms. The van der Waals surface area contributed by atoms with E-state index >= 15 is 0 Å². The van der Waals surface area contributed by atoms with Gasteiger partial charge < -0.3 is 42.0 Å². The third-order valence-corrected chi connectivity index (χ3v) is 4.74. The second-order valence-electron chi connectivity index (χ2n) is 7.13. The number of carboxylic acids is 2. The lowest BCUT2D eigenvalue weighted by Crippen LogP contribution is -2.58. The fourth-order valence-electron chi connectivity index (χ4n) is 3.10. The summed E-state index contributed by atoms with van der Waals surface area (Å²) in [5, 5.41) is 34.8. The van der Waals surface area contributed by atoms with Crippen LogP contribution in [0, 0.1) is 0 Å². The first-order valence-corrected chi connectivity index (χ1v) is 9.86. The average Bonchev–Trinajstić information content (AvgIpc) is 3.18. The highest BCUT2D eigenvalue weighted by molar-refractivity contribution is 5.95. The molecule has 0 fully saturated rings. The molecule has 9 N–H and O–H groups in total. The van der Waals surface area contributed by atoms with Gasteiger partial charge in [-0.15, -0.1) is 0 Å². The Labute approximate surface area is 187 Å². The maximum absolute atomic E-state index is 12.8. The minimum absolute atomic E-state index is 0.0259. The van der Waals surface area contributed by atoms with Crippen molar-refractivity contribution in [2.45, 2.75) is 31.0 Å². The van der Waals surface area contributed by atoms with Crippen LogP contribution in [-0.4, -0.2) is 81.2 Å². The van der Waals surface area contributed by atoms with Crippen LogP contribution in [0.3, 0.4) is 0 Å². The van der Waals surface area contributed by atoms with Crippen molar-refractivity contribution < 1.29 is 39.3 Å². The van der Waals surface area contributed by atoms with E-state index in [-0.39, 0.29) is 6.42 Å². The summed E-state index contributed by atoms with van der Waals surface area (Å²) in [5.41, 5.74) is 6.83. The Bertz CT molecular complexity index is 1040. The number of aromatic amines is 1. The molecule has 1 aromatic carbocycles. The molecule has 1 heterocycles. The molecule has 13 nitrogen and oxygen atoms in total. The number of para-hydroxylation sites is 1. The molecule has 0 bridgehead atoms. The van der Waals surface area contributed by atoms with Crippen LogP contribution in [0.25, 0.3) is 10.9 Å². The van der Waals surface area contributed by atoms with Crippen LogP contribution >= 0.6 is 0 Å². The van der Waals surface area contributed by atoms with Crippen molar-refractivity contribution >= 4 is 40.6 Å². The molecule has 178 valence electrons. The van der Waals surface area contributed by atoms with Crippen LogP contribution < -0.4 is 21.7 Å². The van der Waals surface area contributed by atoms with E-state index < -0.39 is 67.4 Å². The highest BCUT2D eigenvalue weighted by Gasteiger charge is 2.30. The Balaban J connectivity index is 2.16. The number of hydrogen-bond donors (Lipinski definition) is 8. The summed E-state index contributed by atoms with van der Waals surface area (Å²) < 4.78 is 0. The van der Waals surface area contributed by atoms with Crippen LogP contribution in [0.4, 0.5) is 0 Å². The fourth-order valence-corrected chi connectivity index (χ4v) is 3.10. The molecule has 1 aromatic heterocycles. The average molecular weight is 463 g/mol. The molecule has 3 unspecified atom stereocenters. The molecule has 2 rings (SSSR count). The van der Waals surface area contributed by atoms with E-state index in [1.807, 2.05) is 23.5 Å². The third kappa shape index (κ3) is 7.02. The van der Waals surface area contributed by atoms with Gasteiger partial charge in [-0.3, -0.25) is 19.2 Å². The first kappa shape index (κ1) is 25.3. The van der Waals surface area contributed by atoms with Crippen LogP contribution in [-0.2, 0) is 30.4 Å². The number of hydrogen-bond acceptors (Lipinski definition) is 7. The van der Waals surface area contributed by atoms with Crippen molar-refractivity contribution in [2.75, 3.05) is 13.2 Å². The van der Waals surface area contributed by atoms with Crippen LogP contribution in [0.2, 0.25) is 0 Å². The molecule has 33 heavy (non-hydrogen) atoms. The SMILES string of the molecule is NCC(=O)NC(Cc1c[nH]c2ccccc12)C(=O)NC(CO)C(=O)NC(CC(=O)O)C(=O)O. The molecule has 0 saturated heterocycles. The number of carbonyl (C=O) groups is 5. The van der Waals surface area contributed by atoms with Gasteiger partial charge in [0.25, 0.3) is 0 Å². The van der Waals surface area contributed by atoms with E-state index in [1.54, 1.807) is 12.3 Å². The largest absolute Gasteiger partial charge is 0.481 e. The summed E-state index contributed by atoms with van der Waals surface area (Å²) in [7, 11) is 0. The number of rotatable bonds is 12. The minimum Gasteiger partial charge on any atom is -0.481 e. The van der Waals surface area contributed by atoms with Crippen molar-refractivity contribution in [3.8, 4) is 0 Å². The lowest BCUT2D eigenvalue weighted by Gasteiger charge is -2.23. The maximum Gasteiger partial charge on any atom is 0.326 e. The van der Waals surface area contributed by atoms with Crippen molar-refractivity contribution in [1.82, 2.24) is 20.9 Å². The molecule has 0 spiro atoms. The first-order valence-electron chi connectivity index (χ1n) is 9.86. The van der Waals surface area contributed by atoms with Gasteiger partial charge in [-0.25, -0.2) is 4.79 Å². The molecule has 0 radical (unpaired) electrons. The van der Waals surface area contributed by atoms with Crippen molar-refractivity contribution in [3.63, 3.8) is 0 Å². The number of aliphatic hydroxyl groups excluding tert-OH is 1. The normalized spacial score (nSPS) is 13.5. The fraction of sp³-hybridized carbons (Fsp3) is 0.350. The Morgan fingerprint density at radius 1 is 0.939 bits per heavy atom. The maximum atomic E-state index is 12.8. The standard InChI is InChI=1S/C20H25N5O8/c21-7-16(27)23-13(5-10-8-22-12-4-2-1-3-11(10)12)18(30)25-15(9-26)19(31)24-14(20(32)33)6-17(28)29/h1-4,8,13-15,22,26H,5-7,9,21H2,(H,23,27)(H,24,31)(H,25,30)(H,28,29)(H,32,33). The second kappa shape index (κ2) is 11.6. The minimum atomic E-state index is -1.76. The van der Waals surface area contributed by atoms with E-state index in [9.17, 15) is 29.1 Å². The van der Waals surface area contributed by atoms with E-state index in [0.29, 0.717) is 5.56 Å². The van der Waals surface area contributed by atoms with E-state index in [1.165, 1.54) is 0 Å². The van der Waals surface area contributed by atoms with Gasteiger partial charge in [0.15, 0.2) is 0 Å². The second-order valence-corrected chi connectivity index (χ2v) is 7.13. The quantitative estimate of drug-likeness (QED) is 0.169. The zero-order valence-electron chi connectivity index (χ0n) is 17.4. The molecule has 0 aliphatic carbocycles. The van der Waals surface area contributed by atoms with Crippen molar-refractivity contribution in [1.29, 1.82) is 0 Å². The molecule has 3 atom stereocenters. The van der Waals surface area contributed by atoms with Gasteiger partial charge >= 0.3 is 11.9 Å². The Morgan fingerprint density at radius 2 is 1.58 bits per heavy atom. The summed E-state index contributed by atoms with van der Waals surface area (Å²) in [6.45, 7) is -1.29. The lowest BCUT2D eigenvalue weighted by molar-refractivity contribution is -0.147. The van der Waals surface area contributed by atoms with Gasteiger partial charge in [-0.05, 0) is 11.6 Å². The number of benzene rings is 1. The summed E-state index contributed by atoms with van der Waals surface area (Å²) in [6.07, 6.45) is 0.792. The number of fused-ring (bicyclic) bond motifs is 1. The van der Waals surface area contributed by atoms with Crippen molar-refractivity contribution in [3.05, 3.63) is 36.0 Å². The Kier molecular flexibility index (Phi) is 8.89. The smallest absolute Gasteiger partial charge is 0.326 e. The van der Waals surface area contributed by atoms with Gasteiger partial charge in [0.2, 0.25) is 17.7 Å². The van der Waals surface area contributed by atoms with Gasteiger partial charge in [0.1, 0.15) is 18.1 Å². The van der Waals surface area contributed by atoms with Crippen molar-refractivity contribution in [2.24, 2.45) is 5.73 Å². The number of nitrogens with one attached hydrogen (secondary N) is 4. The van der Waals surface area contributed by atoms with Crippen LogP contribution in [0.15, 0.2) is 30.5 Å². The molecule has 3 amide bonds. The van der Waals surface area contributed by atoms with E-state index in [4.69, 9.17) is 15.9 Å². The summed E-state index contributed by atoms with van der Waals surface area (Å²) in [5.74, 6) is -5.62. The predicted molar refractivity (Wildman–Crippen MR) is 114 cm³/mol.